The van der Waals surface area contributed by atoms with E-state index < -0.39 is 25.0 Å². The van der Waals surface area contributed by atoms with Gasteiger partial charge in [0, 0.05) is 0 Å². The van der Waals surface area contributed by atoms with Crippen LogP contribution in [0.25, 0.3) is 0 Å². The summed E-state index contributed by atoms with van der Waals surface area (Å²) < 4.78 is 10.6. The fourth-order valence-electron chi connectivity index (χ4n) is 2.50. The zero-order valence-corrected chi connectivity index (χ0v) is 18.8. The number of methoxy groups -OCH3 is 1. The third kappa shape index (κ3) is 4.98. The first-order valence-electron chi connectivity index (χ1n) is 7.44. The van der Waals surface area contributed by atoms with Gasteiger partial charge < -0.3 is 0 Å². The summed E-state index contributed by atoms with van der Waals surface area (Å²) in [7, 11) is 1.59. The number of rotatable bonds is 7. The van der Waals surface area contributed by atoms with Crippen LogP contribution in [0.2, 0.25) is 3.43 Å². The average Bonchev–Trinajstić information content (AvgIpc) is 2.59. The second-order valence-corrected chi connectivity index (χ2v) is 11.0. The van der Waals surface area contributed by atoms with Gasteiger partial charge in [0.1, 0.15) is 0 Å². The summed E-state index contributed by atoms with van der Waals surface area (Å²) in [6.07, 6.45) is -0.384. The van der Waals surface area contributed by atoms with Crippen LogP contribution in [0.4, 0.5) is 0 Å². The van der Waals surface area contributed by atoms with Crippen LogP contribution in [0.3, 0.4) is 0 Å². The summed E-state index contributed by atoms with van der Waals surface area (Å²) in [6, 6.07) is 18.7. The molecule has 0 radical (unpaired) electrons. The van der Waals surface area contributed by atoms with Gasteiger partial charge in [-0.1, -0.05) is 0 Å². The topological polar surface area (TPSA) is 52.6 Å². The predicted molar refractivity (Wildman–Crippen MR) is 82.5 cm³/mol. The molecule has 23 heavy (non-hydrogen) atoms. The van der Waals surface area contributed by atoms with Crippen LogP contribution in [0.1, 0.15) is 28.9 Å². The third-order valence-electron chi connectivity index (χ3n) is 3.61. The van der Waals surface area contributed by atoms with E-state index in [1.54, 1.807) is 19.2 Å². The van der Waals surface area contributed by atoms with E-state index in [1.807, 2.05) is 48.5 Å². The SMILES string of the molecule is COC(c1ccccc1)[CH]([Hg][O]C(C)=O)C(=O)c1ccccc1. The molecule has 0 N–H and O–H groups in total. The molecule has 116 valence electrons. The molecule has 5 heteroatoms. The molecule has 0 fully saturated rings. The van der Waals surface area contributed by atoms with E-state index in [0.29, 0.717) is 5.56 Å². The van der Waals surface area contributed by atoms with Gasteiger partial charge in [0.2, 0.25) is 0 Å². The number of hydrogen-bond acceptors (Lipinski definition) is 4. The molecule has 4 nitrogen and oxygen atoms in total. The van der Waals surface area contributed by atoms with Gasteiger partial charge in [0.25, 0.3) is 0 Å². The van der Waals surface area contributed by atoms with E-state index in [9.17, 15) is 9.59 Å². The Hall–Kier alpha value is -1.52. The number of carbonyl (C=O) groups is 2. The van der Waals surface area contributed by atoms with Crippen LogP contribution in [0.15, 0.2) is 60.7 Å². The molecule has 2 unspecified atom stereocenters. The van der Waals surface area contributed by atoms with Gasteiger partial charge in [0.05, 0.1) is 0 Å². The summed E-state index contributed by atoms with van der Waals surface area (Å²) in [5, 5.41) is 0. The monoisotopic (exact) mass is 500 g/mol. The van der Waals surface area contributed by atoms with Crippen LogP contribution in [0, 0.1) is 0 Å². The average molecular weight is 499 g/mol. The fraction of sp³-hybridized carbons (Fsp3) is 0.222. The molecule has 2 rings (SSSR count). The minimum atomic E-state index is -2.29. The van der Waals surface area contributed by atoms with E-state index in [2.05, 4.69) is 0 Å². The number of benzene rings is 2. The number of ketones is 1. The van der Waals surface area contributed by atoms with E-state index in [0.717, 1.165) is 5.56 Å². The van der Waals surface area contributed by atoms with Crippen LogP contribution in [-0.2, 0) is 37.2 Å². The van der Waals surface area contributed by atoms with Crippen molar-refractivity contribution in [3.05, 3.63) is 71.8 Å². The Morgan fingerprint density at radius 1 is 0.957 bits per heavy atom. The fourth-order valence-corrected chi connectivity index (χ4v) is 8.10. The van der Waals surface area contributed by atoms with Crippen molar-refractivity contribution >= 4 is 11.8 Å². The van der Waals surface area contributed by atoms with Crippen molar-refractivity contribution in [2.24, 2.45) is 0 Å². The zero-order valence-electron chi connectivity index (χ0n) is 13.3. The second kappa shape index (κ2) is 8.94. The Bertz CT molecular complexity index is 643. The molecule has 0 amide bonds. The Labute approximate surface area is 148 Å². The third-order valence-corrected chi connectivity index (χ3v) is 10.3. The first-order valence-corrected chi connectivity index (χ1v) is 12.9. The normalized spacial score (nSPS) is 12.8. The molecular weight excluding hydrogens is 481 g/mol. The van der Waals surface area contributed by atoms with Crippen molar-refractivity contribution in [2.75, 3.05) is 7.11 Å². The Morgan fingerprint density at radius 2 is 1.52 bits per heavy atom. The zero-order chi connectivity index (χ0) is 16.7. The summed E-state index contributed by atoms with van der Waals surface area (Å²) in [6.45, 7) is 1.38. The van der Waals surface area contributed by atoms with Crippen LogP contribution in [-0.4, -0.2) is 18.9 Å². The van der Waals surface area contributed by atoms with Gasteiger partial charge in [-0.05, 0) is 0 Å². The van der Waals surface area contributed by atoms with Crippen LogP contribution < -0.4 is 0 Å². The molecule has 0 bridgehead atoms. The Kier molecular flexibility index (Phi) is 6.93. The van der Waals surface area contributed by atoms with Crippen molar-refractivity contribution in [3.8, 4) is 0 Å². The maximum atomic E-state index is 12.9. The van der Waals surface area contributed by atoms with Gasteiger partial charge >= 0.3 is 149 Å². The van der Waals surface area contributed by atoms with Crippen LogP contribution in [0.5, 0.6) is 0 Å². The van der Waals surface area contributed by atoms with E-state index in [-0.39, 0.29) is 21.3 Å². The van der Waals surface area contributed by atoms with Crippen molar-refractivity contribution in [3.63, 3.8) is 0 Å². The molecule has 0 aliphatic rings. The summed E-state index contributed by atoms with van der Waals surface area (Å²) >= 11 is -2.29. The number of Topliss-reactive ketones (excluding diaryl/α,β-unsaturated/α-hetero) is 1. The molecule has 0 heterocycles. The molecule has 0 spiro atoms. The molecule has 2 aromatic carbocycles. The first-order chi connectivity index (χ1) is 11.1. The number of ether oxygens (including phenoxy) is 1. The van der Waals surface area contributed by atoms with Crippen molar-refractivity contribution in [2.45, 2.75) is 16.5 Å². The van der Waals surface area contributed by atoms with Gasteiger partial charge in [-0.3, -0.25) is 0 Å². The van der Waals surface area contributed by atoms with Gasteiger partial charge in [-0.15, -0.1) is 0 Å². The molecular formula is C18H18HgO4. The summed E-state index contributed by atoms with van der Waals surface area (Å²) in [4.78, 5) is 24.2. The van der Waals surface area contributed by atoms with E-state index in [1.165, 1.54) is 6.92 Å². The molecule has 0 aromatic heterocycles. The van der Waals surface area contributed by atoms with Crippen molar-refractivity contribution in [1.82, 2.24) is 0 Å². The first kappa shape index (κ1) is 17.8. The molecule has 2 aromatic rings. The Morgan fingerprint density at radius 3 is 2.04 bits per heavy atom. The van der Waals surface area contributed by atoms with Gasteiger partial charge in [-0.25, -0.2) is 0 Å². The number of hydrogen-bond donors (Lipinski definition) is 0. The number of carbonyl (C=O) groups excluding carboxylic acids is 2. The molecule has 0 saturated heterocycles. The minimum absolute atomic E-state index is 0.00998. The summed E-state index contributed by atoms with van der Waals surface area (Å²) in [5.74, 6) is -0.329. The standard InChI is InChI=1S/C16H15O2.C2H4O2.Hg/c1-18-16(14-10-6-3-7-11-14)12-15(17)13-8-4-2-5-9-13;1-2(3)4;/h2-12,16H,1H3;1H3,(H,3,4);/q;;+1/p-1. The Balaban J connectivity index is 2.32. The predicted octanol–water partition coefficient (Wildman–Crippen LogP) is 3.61. The van der Waals surface area contributed by atoms with Crippen molar-refractivity contribution < 1.29 is 42.0 Å². The quantitative estimate of drug-likeness (QED) is 0.432. The van der Waals surface area contributed by atoms with Gasteiger partial charge in [0.15, 0.2) is 0 Å². The van der Waals surface area contributed by atoms with E-state index in [4.69, 9.17) is 7.38 Å². The second-order valence-electron chi connectivity index (χ2n) is 5.21. The molecule has 0 aliphatic carbocycles. The summed E-state index contributed by atoms with van der Waals surface area (Å²) in [5.41, 5.74) is 1.55. The maximum absolute atomic E-state index is 12.9. The molecule has 0 aliphatic heterocycles. The molecule has 0 saturated carbocycles. The van der Waals surface area contributed by atoms with Gasteiger partial charge in [-0.2, -0.15) is 0 Å². The van der Waals surface area contributed by atoms with Crippen LogP contribution >= 0.6 is 0 Å². The van der Waals surface area contributed by atoms with E-state index >= 15 is 0 Å². The molecule has 2 atom stereocenters. The van der Waals surface area contributed by atoms with Crippen molar-refractivity contribution in [1.29, 1.82) is 0 Å².